The minimum Gasteiger partial charge on any atom is -0.343 e. The molecule has 4 nitrogen and oxygen atoms in total. The summed E-state index contributed by atoms with van der Waals surface area (Å²) in [6, 6.07) is 0.456. The molecule has 2 aliphatic heterocycles. The Bertz CT molecular complexity index is 320. The van der Waals surface area contributed by atoms with Gasteiger partial charge in [0.15, 0.2) is 0 Å². The number of piperidine rings is 2. The summed E-state index contributed by atoms with van der Waals surface area (Å²) in [5.41, 5.74) is 0. The van der Waals surface area contributed by atoms with Gasteiger partial charge in [0, 0.05) is 32.6 Å². The lowest BCUT2D eigenvalue weighted by molar-refractivity contribution is -0.134. The molecule has 2 aliphatic rings. The molecule has 2 fully saturated rings. The van der Waals surface area contributed by atoms with Crippen molar-refractivity contribution >= 4 is 5.91 Å². The summed E-state index contributed by atoms with van der Waals surface area (Å²) < 4.78 is 0. The van der Waals surface area contributed by atoms with Crippen molar-refractivity contribution in [1.82, 2.24) is 15.1 Å². The summed E-state index contributed by atoms with van der Waals surface area (Å²) in [6.07, 6.45) is 5.52. The first-order chi connectivity index (χ1) is 10.1. The van der Waals surface area contributed by atoms with Gasteiger partial charge in [-0.1, -0.05) is 13.8 Å². The SMILES string of the molecule is CCN1CCC(N(C)C(=O)CC(C)C2CCCNC2)CC1. The fourth-order valence-corrected chi connectivity index (χ4v) is 3.78. The van der Waals surface area contributed by atoms with Gasteiger partial charge in [-0.15, -0.1) is 0 Å². The standard InChI is InChI=1S/C17H33N3O/c1-4-20-10-7-16(8-11-20)19(3)17(21)12-14(2)15-6-5-9-18-13-15/h14-16,18H,4-13H2,1-3H3. The molecule has 21 heavy (non-hydrogen) atoms. The average Bonchev–Trinajstić information content (AvgIpc) is 2.55. The number of nitrogens with zero attached hydrogens (tertiary/aromatic N) is 2. The molecule has 2 atom stereocenters. The predicted octanol–water partition coefficient (Wildman–Crippen LogP) is 1.95. The lowest BCUT2D eigenvalue weighted by atomic mass is 9.85. The lowest BCUT2D eigenvalue weighted by Gasteiger charge is -2.37. The van der Waals surface area contributed by atoms with E-state index >= 15 is 0 Å². The van der Waals surface area contributed by atoms with Gasteiger partial charge >= 0.3 is 0 Å². The van der Waals surface area contributed by atoms with Gasteiger partial charge in [0.1, 0.15) is 0 Å². The number of carbonyl (C=O) groups is 1. The van der Waals surface area contributed by atoms with Crippen molar-refractivity contribution in [3.8, 4) is 0 Å². The van der Waals surface area contributed by atoms with E-state index in [-0.39, 0.29) is 0 Å². The van der Waals surface area contributed by atoms with Crippen molar-refractivity contribution in [3.05, 3.63) is 0 Å². The topological polar surface area (TPSA) is 35.6 Å². The van der Waals surface area contributed by atoms with E-state index in [1.54, 1.807) is 0 Å². The molecule has 0 aromatic rings. The van der Waals surface area contributed by atoms with Crippen LogP contribution in [0.5, 0.6) is 0 Å². The summed E-state index contributed by atoms with van der Waals surface area (Å²) in [7, 11) is 2.01. The van der Waals surface area contributed by atoms with Crippen molar-refractivity contribution in [1.29, 1.82) is 0 Å². The molecular weight excluding hydrogens is 262 g/mol. The van der Waals surface area contributed by atoms with Crippen LogP contribution in [-0.4, -0.2) is 61.5 Å². The van der Waals surface area contributed by atoms with E-state index in [2.05, 4.69) is 24.1 Å². The molecule has 4 heteroatoms. The molecule has 2 heterocycles. The highest BCUT2D eigenvalue weighted by Gasteiger charge is 2.27. The smallest absolute Gasteiger partial charge is 0.222 e. The fraction of sp³-hybridized carbons (Fsp3) is 0.941. The minimum atomic E-state index is 0.350. The van der Waals surface area contributed by atoms with Crippen LogP contribution >= 0.6 is 0 Å². The number of hydrogen-bond acceptors (Lipinski definition) is 3. The second-order valence-electron chi connectivity index (χ2n) is 6.96. The molecule has 0 spiro atoms. The quantitative estimate of drug-likeness (QED) is 0.842. The van der Waals surface area contributed by atoms with E-state index in [9.17, 15) is 4.79 Å². The highest BCUT2D eigenvalue weighted by molar-refractivity contribution is 5.76. The van der Waals surface area contributed by atoms with Crippen molar-refractivity contribution in [2.75, 3.05) is 39.8 Å². The molecule has 2 unspecified atom stereocenters. The zero-order valence-corrected chi connectivity index (χ0v) is 14.1. The number of rotatable bonds is 5. The minimum absolute atomic E-state index is 0.350. The highest BCUT2D eigenvalue weighted by atomic mass is 16.2. The van der Waals surface area contributed by atoms with Crippen LogP contribution in [0.2, 0.25) is 0 Å². The largest absolute Gasteiger partial charge is 0.343 e. The molecule has 0 aliphatic carbocycles. The maximum atomic E-state index is 12.5. The fourth-order valence-electron chi connectivity index (χ4n) is 3.78. The van der Waals surface area contributed by atoms with Gasteiger partial charge < -0.3 is 15.1 Å². The lowest BCUT2D eigenvalue weighted by Crippen LogP contribution is -2.46. The number of carbonyl (C=O) groups excluding carboxylic acids is 1. The molecule has 0 saturated carbocycles. The Labute approximate surface area is 130 Å². The normalized spacial score (nSPS) is 26.5. The number of amides is 1. The van der Waals surface area contributed by atoms with Crippen LogP contribution in [-0.2, 0) is 4.79 Å². The maximum Gasteiger partial charge on any atom is 0.222 e. The van der Waals surface area contributed by atoms with Gasteiger partial charge in [0.05, 0.1) is 0 Å². The third-order valence-corrected chi connectivity index (χ3v) is 5.58. The van der Waals surface area contributed by atoms with E-state index in [1.807, 2.05) is 11.9 Å². The number of likely N-dealkylation sites (tertiary alicyclic amines) is 1. The van der Waals surface area contributed by atoms with Crippen LogP contribution in [0.4, 0.5) is 0 Å². The van der Waals surface area contributed by atoms with Crippen molar-refractivity contribution < 1.29 is 4.79 Å². The molecule has 1 amide bonds. The first kappa shape index (κ1) is 16.8. The van der Waals surface area contributed by atoms with Gasteiger partial charge in [-0.2, -0.15) is 0 Å². The van der Waals surface area contributed by atoms with Crippen LogP contribution in [0.15, 0.2) is 0 Å². The summed E-state index contributed by atoms with van der Waals surface area (Å²) >= 11 is 0. The zero-order chi connectivity index (χ0) is 15.2. The third kappa shape index (κ3) is 4.68. The monoisotopic (exact) mass is 295 g/mol. The second kappa shape index (κ2) is 8.14. The first-order valence-corrected chi connectivity index (χ1v) is 8.80. The molecule has 0 aromatic heterocycles. The molecule has 0 bridgehead atoms. The summed E-state index contributed by atoms with van der Waals surface area (Å²) in [5.74, 6) is 1.53. The van der Waals surface area contributed by atoms with E-state index < -0.39 is 0 Å². The van der Waals surface area contributed by atoms with E-state index in [1.165, 1.54) is 12.8 Å². The van der Waals surface area contributed by atoms with Crippen molar-refractivity contribution in [2.24, 2.45) is 11.8 Å². The van der Waals surface area contributed by atoms with Gasteiger partial charge in [0.25, 0.3) is 0 Å². The number of hydrogen-bond donors (Lipinski definition) is 1. The van der Waals surface area contributed by atoms with Crippen molar-refractivity contribution in [3.63, 3.8) is 0 Å². The average molecular weight is 295 g/mol. The molecule has 2 rings (SSSR count). The predicted molar refractivity (Wildman–Crippen MR) is 87.3 cm³/mol. The maximum absolute atomic E-state index is 12.5. The molecule has 0 aromatic carbocycles. The van der Waals surface area contributed by atoms with Gasteiger partial charge in [-0.3, -0.25) is 4.79 Å². The summed E-state index contributed by atoms with van der Waals surface area (Å²) in [4.78, 5) is 17.1. The molecule has 2 saturated heterocycles. The zero-order valence-electron chi connectivity index (χ0n) is 14.1. The Morgan fingerprint density at radius 3 is 2.62 bits per heavy atom. The Morgan fingerprint density at radius 2 is 2.05 bits per heavy atom. The molecular formula is C17H33N3O. The van der Waals surface area contributed by atoms with Gasteiger partial charge in [-0.05, 0) is 57.2 Å². The Balaban J connectivity index is 1.76. The summed E-state index contributed by atoms with van der Waals surface area (Å²) in [5, 5.41) is 3.46. The first-order valence-electron chi connectivity index (χ1n) is 8.80. The molecule has 122 valence electrons. The number of nitrogens with one attached hydrogen (secondary N) is 1. The summed E-state index contributed by atoms with van der Waals surface area (Å²) in [6.45, 7) is 10.1. The Kier molecular flexibility index (Phi) is 6.49. The van der Waals surface area contributed by atoms with Crippen LogP contribution in [0, 0.1) is 11.8 Å². The second-order valence-corrected chi connectivity index (χ2v) is 6.96. The highest BCUT2D eigenvalue weighted by Crippen LogP contribution is 2.24. The van der Waals surface area contributed by atoms with Gasteiger partial charge in [-0.25, -0.2) is 0 Å². The van der Waals surface area contributed by atoms with Crippen LogP contribution < -0.4 is 5.32 Å². The van der Waals surface area contributed by atoms with Crippen LogP contribution in [0.25, 0.3) is 0 Å². The van der Waals surface area contributed by atoms with Crippen molar-refractivity contribution in [2.45, 2.75) is 52.0 Å². The Hall–Kier alpha value is -0.610. The van der Waals surface area contributed by atoms with E-state index in [4.69, 9.17) is 0 Å². The molecule has 1 N–H and O–H groups in total. The Morgan fingerprint density at radius 1 is 1.33 bits per heavy atom. The van der Waals surface area contributed by atoms with Crippen LogP contribution in [0.1, 0.15) is 46.0 Å². The van der Waals surface area contributed by atoms with E-state index in [0.717, 1.165) is 52.0 Å². The van der Waals surface area contributed by atoms with Gasteiger partial charge in [0.2, 0.25) is 5.91 Å². The molecule has 0 radical (unpaired) electrons. The van der Waals surface area contributed by atoms with E-state index in [0.29, 0.717) is 23.8 Å². The third-order valence-electron chi connectivity index (χ3n) is 5.58. The van der Waals surface area contributed by atoms with Crippen LogP contribution in [0.3, 0.4) is 0 Å².